The number of halogens is 4. The molecule has 0 fully saturated rings. The number of hydrogen-bond acceptors (Lipinski definition) is 2. The van der Waals surface area contributed by atoms with Gasteiger partial charge in [0.15, 0.2) is 0 Å². The fourth-order valence-corrected chi connectivity index (χ4v) is 1.20. The summed E-state index contributed by atoms with van der Waals surface area (Å²) in [5.41, 5.74) is 5.46. The second-order valence-corrected chi connectivity index (χ2v) is 3.34. The number of aliphatic hydroxyl groups is 1. The normalized spacial score (nSPS) is 13.1. The SMILES string of the molecule is Cl.NC(CO)Cc1ccc(C(F)(F)F)cc1. The number of aliphatic hydroxyl groups excluding tert-OH is 1. The summed E-state index contributed by atoms with van der Waals surface area (Å²) in [4.78, 5) is 0. The molecule has 0 aliphatic rings. The van der Waals surface area contributed by atoms with Crippen molar-refractivity contribution in [2.75, 3.05) is 6.61 Å². The van der Waals surface area contributed by atoms with Crippen molar-refractivity contribution in [2.24, 2.45) is 5.73 Å². The van der Waals surface area contributed by atoms with Crippen molar-refractivity contribution in [3.8, 4) is 0 Å². The molecule has 1 rings (SSSR count). The van der Waals surface area contributed by atoms with E-state index in [4.69, 9.17) is 10.8 Å². The standard InChI is InChI=1S/C10H12F3NO.ClH/c11-10(12,13)8-3-1-7(2-4-8)5-9(14)6-15;/h1-4,9,15H,5-6,14H2;1H. The molecule has 0 bridgehead atoms. The Labute approximate surface area is 97.7 Å². The van der Waals surface area contributed by atoms with Gasteiger partial charge in [-0.25, -0.2) is 0 Å². The average Bonchev–Trinajstić information content (AvgIpc) is 2.17. The predicted octanol–water partition coefficient (Wildman–Crippen LogP) is 1.99. The summed E-state index contributed by atoms with van der Waals surface area (Å²) in [7, 11) is 0. The Hall–Kier alpha value is -0.780. The summed E-state index contributed by atoms with van der Waals surface area (Å²) < 4.78 is 36.6. The van der Waals surface area contributed by atoms with Crippen molar-refractivity contribution in [1.29, 1.82) is 0 Å². The van der Waals surface area contributed by atoms with Gasteiger partial charge in [-0.05, 0) is 24.1 Å². The van der Waals surface area contributed by atoms with Crippen LogP contribution in [0.1, 0.15) is 11.1 Å². The highest BCUT2D eigenvalue weighted by Gasteiger charge is 2.29. The molecule has 0 saturated carbocycles. The zero-order chi connectivity index (χ0) is 11.5. The third kappa shape index (κ3) is 4.38. The van der Waals surface area contributed by atoms with Crippen molar-refractivity contribution in [3.05, 3.63) is 35.4 Å². The van der Waals surface area contributed by atoms with Crippen molar-refractivity contribution in [1.82, 2.24) is 0 Å². The maximum Gasteiger partial charge on any atom is 0.416 e. The smallest absolute Gasteiger partial charge is 0.395 e. The van der Waals surface area contributed by atoms with Crippen molar-refractivity contribution in [3.63, 3.8) is 0 Å². The lowest BCUT2D eigenvalue weighted by atomic mass is 10.1. The van der Waals surface area contributed by atoms with Crippen LogP contribution in [0, 0.1) is 0 Å². The topological polar surface area (TPSA) is 46.2 Å². The summed E-state index contributed by atoms with van der Waals surface area (Å²) in [5, 5.41) is 8.67. The molecule has 0 heterocycles. The molecule has 1 atom stereocenters. The lowest BCUT2D eigenvalue weighted by Gasteiger charge is -2.10. The Kier molecular flexibility index (Phi) is 5.78. The van der Waals surface area contributed by atoms with Crippen LogP contribution >= 0.6 is 12.4 Å². The van der Waals surface area contributed by atoms with Gasteiger partial charge in [-0.15, -0.1) is 12.4 Å². The predicted molar refractivity (Wildman–Crippen MR) is 57.5 cm³/mol. The molecule has 0 aliphatic carbocycles. The molecule has 1 aromatic carbocycles. The zero-order valence-corrected chi connectivity index (χ0v) is 9.18. The Balaban J connectivity index is 0.00000225. The second-order valence-electron chi connectivity index (χ2n) is 3.34. The van der Waals surface area contributed by atoms with Crippen LogP contribution in [0.4, 0.5) is 13.2 Å². The molecule has 0 aromatic heterocycles. The van der Waals surface area contributed by atoms with Crippen LogP contribution < -0.4 is 5.73 Å². The third-order valence-corrected chi connectivity index (χ3v) is 2.01. The Morgan fingerprint density at radius 2 is 1.69 bits per heavy atom. The lowest BCUT2D eigenvalue weighted by molar-refractivity contribution is -0.137. The highest BCUT2D eigenvalue weighted by molar-refractivity contribution is 5.85. The van der Waals surface area contributed by atoms with Gasteiger partial charge in [0, 0.05) is 6.04 Å². The Bertz CT molecular complexity index is 313. The third-order valence-electron chi connectivity index (χ3n) is 2.01. The second kappa shape index (κ2) is 6.08. The fraction of sp³-hybridized carbons (Fsp3) is 0.400. The van der Waals surface area contributed by atoms with E-state index in [1.54, 1.807) is 0 Å². The molecule has 6 heteroatoms. The summed E-state index contributed by atoms with van der Waals surface area (Å²) in [6.45, 7) is -0.180. The van der Waals surface area contributed by atoms with Crippen molar-refractivity contribution < 1.29 is 18.3 Å². The highest BCUT2D eigenvalue weighted by atomic mass is 35.5. The summed E-state index contributed by atoms with van der Waals surface area (Å²) >= 11 is 0. The molecule has 92 valence electrons. The lowest BCUT2D eigenvalue weighted by Crippen LogP contribution is -2.26. The monoisotopic (exact) mass is 255 g/mol. The molecule has 1 unspecified atom stereocenters. The molecule has 0 amide bonds. The first-order valence-electron chi connectivity index (χ1n) is 4.46. The number of benzene rings is 1. The van der Waals surface area contributed by atoms with Crippen LogP contribution in [0.15, 0.2) is 24.3 Å². The molecular weight excluding hydrogens is 243 g/mol. The molecule has 0 spiro atoms. The van der Waals surface area contributed by atoms with E-state index in [1.165, 1.54) is 12.1 Å². The summed E-state index contributed by atoms with van der Waals surface area (Å²) in [6, 6.07) is 4.34. The number of rotatable bonds is 3. The van der Waals surface area contributed by atoms with Crippen LogP contribution in [0.25, 0.3) is 0 Å². The molecule has 1 aromatic rings. The molecule has 0 radical (unpaired) electrons. The Morgan fingerprint density at radius 1 is 1.19 bits per heavy atom. The number of nitrogens with two attached hydrogens (primary N) is 1. The van der Waals surface area contributed by atoms with E-state index in [9.17, 15) is 13.2 Å². The van der Waals surface area contributed by atoms with Gasteiger partial charge in [0.25, 0.3) is 0 Å². The van der Waals surface area contributed by atoms with Gasteiger partial charge in [-0.3, -0.25) is 0 Å². The van der Waals surface area contributed by atoms with Gasteiger partial charge >= 0.3 is 6.18 Å². The summed E-state index contributed by atoms with van der Waals surface area (Å²) in [6.07, 6.45) is -3.94. The van der Waals surface area contributed by atoms with Crippen LogP contribution in [0.3, 0.4) is 0 Å². The van der Waals surface area contributed by atoms with Gasteiger partial charge in [0.1, 0.15) is 0 Å². The minimum absolute atomic E-state index is 0. The van der Waals surface area contributed by atoms with Gasteiger partial charge in [-0.2, -0.15) is 13.2 Å². The number of hydrogen-bond donors (Lipinski definition) is 2. The first-order chi connectivity index (χ1) is 6.93. The van der Waals surface area contributed by atoms with Gasteiger partial charge in [0.05, 0.1) is 12.2 Å². The molecule has 16 heavy (non-hydrogen) atoms. The fourth-order valence-electron chi connectivity index (χ4n) is 1.20. The molecule has 0 saturated heterocycles. The zero-order valence-electron chi connectivity index (χ0n) is 8.37. The number of alkyl halides is 3. The molecule has 3 N–H and O–H groups in total. The summed E-state index contributed by atoms with van der Waals surface area (Å²) in [5.74, 6) is 0. The first kappa shape index (κ1) is 15.2. The minimum Gasteiger partial charge on any atom is -0.395 e. The Morgan fingerprint density at radius 3 is 2.06 bits per heavy atom. The van der Waals surface area contributed by atoms with Crippen molar-refractivity contribution in [2.45, 2.75) is 18.6 Å². The van der Waals surface area contributed by atoms with E-state index in [-0.39, 0.29) is 19.0 Å². The van der Waals surface area contributed by atoms with Crippen LogP contribution in [0.5, 0.6) is 0 Å². The van der Waals surface area contributed by atoms with E-state index < -0.39 is 17.8 Å². The van der Waals surface area contributed by atoms with E-state index in [2.05, 4.69) is 0 Å². The minimum atomic E-state index is -4.31. The van der Waals surface area contributed by atoms with Crippen LogP contribution in [-0.2, 0) is 12.6 Å². The van der Waals surface area contributed by atoms with E-state index in [0.29, 0.717) is 12.0 Å². The van der Waals surface area contributed by atoms with E-state index >= 15 is 0 Å². The maximum atomic E-state index is 12.2. The average molecular weight is 256 g/mol. The molecule has 0 aliphatic heterocycles. The van der Waals surface area contributed by atoms with Gasteiger partial charge in [0.2, 0.25) is 0 Å². The first-order valence-corrected chi connectivity index (χ1v) is 4.46. The van der Waals surface area contributed by atoms with Crippen LogP contribution in [0.2, 0.25) is 0 Å². The maximum absolute atomic E-state index is 12.2. The molecular formula is C10H13ClF3NO. The van der Waals surface area contributed by atoms with Gasteiger partial charge in [-0.1, -0.05) is 12.1 Å². The largest absolute Gasteiger partial charge is 0.416 e. The van der Waals surface area contributed by atoms with Gasteiger partial charge < -0.3 is 10.8 Å². The van der Waals surface area contributed by atoms with E-state index in [0.717, 1.165) is 12.1 Å². The molecule has 2 nitrogen and oxygen atoms in total. The quantitative estimate of drug-likeness (QED) is 0.868. The van der Waals surface area contributed by atoms with Crippen LogP contribution in [-0.4, -0.2) is 17.8 Å². The van der Waals surface area contributed by atoms with E-state index in [1.807, 2.05) is 0 Å². The highest BCUT2D eigenvalue weighted by Crippen LogP contribution is 2.29. The van der Waals surface area contributed by atoms with Crippen molar-refractivity contribution >= 4 is 12.4 Å².